The fourth-order valence-electron chi connectivity index (χ4n) is 0. The summed E-state index contributed by atoms with van der Waals surface area (Å²) in [5.74, 6) is 0. The van der Waals surface area contributed by atoms with Crippen LogP contribution < -0.4 is 0 Å². The van der Waals surface area contributed by atoms with Crippen molar-refractivity contribution in [3.63, 3.8) is 0 Å². The molecule has 0 heterocycles. The van der Waals surface area contributed by atoms with Crippen molar-refractivity contribution in [3.05, 3.63) is 0 Å². The Morgan fingerprint density at radius 1 is 0.143 bits per heavy atom. The fourth-order valence-corrected chi connectivity index (χ4v) is 0. The Morgan fingerprint density at radius 3 is 0.143 bits per heavy atom. The van der Waals surface area contributed by atoms with Gasteiger partial charge < -0.3 is 0 Å². The van der Waals surface area contributed by atoms with Gasteiger partial charge in [-0.15, -0.1) is 0 Å². The maximum atomic E-state index is 0. The summed E-state index contributed by atoms with van der Waals surface area (Å²) >= 11 is 0. The van der Waals surface area contributed by atoms with Gasteiger partial charge in [0.1, 0.15) is 0 Å². The van der Waals surface area contributed by atoms with Gasteiger partial charge >= 0.3 is 360 Å². The van der Waals surface area contributed by atoms with Crippen LogP contribution in [0.1, 0.15) is 0 Å². The van der Waals surface area contributed by atoms with E-state index in [1.165, 1.54) is 0 Å². The van der Waals surface area contributed by atoms with Crippen LogP contribution in [0.15, 0.2) is 0 Å². The molecule has 14 valence electrons. The van der Waals surface area contributed by atoms with E-state index >= 15 is 0 Å². The van der Waals surface area contributed by atoms with Crippen LogP contribution >= 0.6 is 0 Å². The molecule has 0 aliphatic carbocycles. The van der Waals surface area contributed by atoms with E-state index in [-0.39, 0.29) is 360 Å². The Hall–Kier alpha value is 11.5. The van der Waals surface area contributed by atoms with E-state index in [1.54, 1.807) is 0 Å². The van der Waals surface area contributed by atoms with Crippen LogP contribution in [0.3, 0.4) is 0 Å². The molecule has 0 amide bonds. The standard InChI is InChI=1S/7K.7H. The topological polar surface area (TPSA) is 0 Å². The van der Waals surface area contributed by atoms with Gasteiger partial charge in [0.25, 0.3) is 0 Å². The summed E-state index contributed by atoms with van der Waals surface area (Å²) in [6.07, 6.45) is 0. The van der Waals surface area contributed by atoms with Crippen LogP contribution in [-0.4, -0.2) is 360 Å². The molecule has 0 aromatic rings. The summed E-state index contributed by atoms with van der Waals surface area (Å²) < 4.78 is 0. The molecular weight excluding hydrogens is 274 g/mol. The van der Waals surface area contributed by atoms with Gasteiger partial charge in [0.05, 0.1) is 0 Å². The molecule has 0 bridgehead atoms. The van der Waals surface area contributed by atoms with Gasteiger partial charge in [0, 0.05) is 0 Å². The van der Waals surface area contributed by atoms with Crippen LogP contribution in [0, 0.1) is 0 Å². The Labute approximate surface area is 344 Å². The molecule has 0 rings (SSSR count). The molecule has 0 aromatic carbocycles. The van der Waals surface area contributed by atoms with E-state index in [0.717, 1.165) is 0 Å². The van der Waals surface area contributed by atoms with Crippen molar-refractivity contribution < 1.29 is 0 Å². The molecule has 0 N–H and O–H groups in total. The first-order valence-corrected chi connectivity index (χ1v) is 0. The summed E-state index contributed by atoms with van der Waals surface area (Å²) in [7, 11) is 0. The fraction of sp³-hybridized carbons (Fsp3) is 0. The van der Waals surface area contributed by atoms with Gasteiger partial charge in [0.15, 0.2) is 0 Å². The van der Waals surface area contributed by atoms with Gasteiger partial charge in [-0.25, -0.2) is 0 Å². The van der Waals surface area contributed by atoms with E-state index in [9.17, 15) is 0 Å². The second kappa shape index (κ2) is 36.0. The minimum atomic E-state index is 0. The average Bonchev–Trinajstić information content (AvgIpc) is 0. The van der Waals surface area contributed by atoms with Crippen LogP contribution in [0.4, 0.5) is 0 Å². The zero-order valence-electron chi connectivity index (χ0n) is 0. The normalized spacial score (nSPS) is 0. The number of hydrogen-bond donors (Lipinski definition) is 0. The molecule has 0 saturated carbocycles. The quantitative estimate of drug-likeness (QED) is 0.392. The van der Waals surface area contributed by atoms with Crippen molar-refractivity contribution in [2.24, 2.45) is 0 Å². The van der Waals surface area contributed by atoms with Gasteiger partial charge in [-0.2, -0.15) is 0 Å². The molecule has 0 atom stereocenters. The van der Waals surface area contributed by atoms with Crippen LogP contribution in [0.25, 0.3) is 0 Å². The zero-order chi connectivity index (χ0) is 0. The van der Waals surface area contributed by atoms with Crippen molar-refractivity contribution in [1.29, 1.82) is 0 Å². The number of rotatable bonds is 0. The van der Waals surface area contributed by atoms with Crippen molar-refractivity contribution in [1.82, 2.24) is 0 Å². The predicted octanol–water partition coefficient (Wildman–Crippen LogP) is -4.54. The molecular formula is H7K7. The SMILES string of the molecule is [KH].[KH].[KH].[KH].[KH].[KH].[KH]. The summed E-state index contributed by atoms with van der Waals surface area (Å²) in [6.45, 7) is 0. The molecule has 7 heteroatoms. The van der Waals surface area contributed by atoms with Crippen molar-refractivity contribution in [3.8, 4) is 0 Å². The molecule has 7 heavy (non-hydrogen) atoms. The van der Waals surface area contributed by atoms with Crippen molar-refractivity contribution >= 4 is 360 Å². The molecule has 0 aliphatic heterocycles. The Kier molecular flexibility index (Phi) is 220. The Morgan fingerprint density at radius 2 is 0.143 bits per heavy atom. The van der Waals surface area contributed by atoms with E-state index < -0.39 is 0 Å². The van der Waals surface area contributed by atoms with Gasteiger partial charge in [0.2, 0.25) is 0 Å². The van der Waals surface area contributed by atoms with E-state index in [2.05, 4.69) is 0 Å². The van der Waals surface area contributed by atoms with Crippen LogP contribution in [-0.2, 0) is 0 Å². The molecule has 0 unspecified atom stereocenters. The third-order valence-corrected chi connectivity index (χ3v) is 0. The minimum absolute atomic E-state index is 0. The third-order valence-electron chi connectivity index (χ3n) is 0. The Bertz CT molecular complexity index is 0. The van der Waals surface area contributed by atoms with Gasteiger partial charge in [-0.05, 0) is 0 Å². The molecule has 0 nitrogen and oxygen atoms in total. The summed E-state index contributed by atoms with van der Waals surface area (Å²) in [5, 5.41) is 0. The molecule has 0 saturated heterocycles. The molecule has 0 fully saturated rings. The first-order valence-electron chi connectivity index (χ1n) is 0. The average molecular weight is 281 g/mol. The van der Waals surface area contributed by atoms with E-state index in [4.69, 9.17) is 0 Å². The van der Waals surface area contributed by atoms with Crippen molar-refractivity contribution in [2.45, 2.75) is 0 Å². The van der Waals surface area contributed by atoms with E-state index in [1.807, 2.05) is 0 Å². The number of hydrogen-bond acceptors (Lipinski definition) is 0. The van der Waals surface area contributed by atoms with E-state index in [0.29, 0.717) is 0 Å². The molecule has 0 radical (unpaired) electrons. The maximum absolute atomic E-state index is 0. The molecule has 0 aliphatic rings. The third kappa shape index (κ3) is 31.8. The van der Waals surface area contributed by atoms with Gasteiger partial charge in [-0.3, -0.25) is 0 Å². The predicted molar refractivity (Wildman–Crippen MR) is 50.0 cm³/mol. The first kappa shape index (κ1) is 42.9. The first-order chi connectivity index (χ1) is 0. The van der Waals surface area contributed by atoms with Crippen LogP contribution in [0.2, 0.25) is 0 Å². The van der Waals surface area contributed by atoms with Gasteiger partial charge in [-0.1, -0.05) is 0 Å². The zero-order valence-corrected chi connectivity index (χ0v) is 0. The molecule has 0 spiro atoms. The molecule has 0 aromatic heterocycles. The summed E-state index contributed by atoms with van der Waals surface area (Å²) in [6, 6.07) is 0. The Balaban J connectivity index is 0. The monoisotopic (exact) mass is 280 g/mol. The second-order valence-electron chi connectivity index (χ2n) is 0. The summed E-state index contributed by atoms with van der Waals surface area (Å²) in [5.41, 5.74) is 0. The summed E-state index contributed by atoms with van der Waals surface area (Å²) in [4.78, 5) is 0. The second-order valence-corrected chi connectivity index (χ2v) is 0. The van der Waals surface area contributed by atoms with Crippen molar-refractivity contribution in [2.75, 3.05) is 0 Å². The van der Waals surface area contributed by atoms with Crippen LogP contribution in [0.5, 0.6) is 0 Å².